The van der Waals surface area contributed by atoms with Gasteiger partial charge in [0.2, 0.25) is 0 Å². The van der Waals surface area contributed by atoms with Crippen LogP contribution in [0.25, 0.3) is 0 Å². The zero-order chi connectivity index (χ0) is 18.7. The number of hydrogen-bond donors (Lipinski definition) is 7. The first kappa shape index (κ1) is 20.9. The van der Waals surface area contributed by atoms with Gasteiger partial charge in [0.15, 0.2) is 12.6 Å². The van der Waals surface area contributed by atoms with Gasteiger partial charge in [0.1, 0.15) is 48.8 Å². The Hall–Kier alpha value is -0.440. The fourth-order valence-electron chi connectivity index (χ4n) is 2.86. The van der Waals surface area contributed by atoms with E-state index in [1.807, 2.05) is 0 Å². The number of hydrogen-bond acceptors (Lipinski definition) is 11. The van der Waals surface area contributed by atoms with E-state index in [0.29, 0.717) is 0 Å². The van der Waals surface area contributed by atoms with Gasteiger partial charge in [-0.3, -0.25) is 0 Å². The van der Waals surface area contributed by atoms with Crippen LogP contribution < -0.4 is 0 Å². The monoisotopic (exact) mass is 370 g/mol. The third-order valence-electron chi connectivity index (χ3n) is 4.29. The van der Waals surface area contributed by atoms with Crippen LogP contribution in [0.1, 0.15) is 6.92 Å². The number of ether oxygens (including phenoxy) is 4. The molecule has 0 amide bonds. The van der Waals surface area contributed by atoms with Crippen LogP contribution in [0.15, 0.2) is 0 Å². The van der Waals surface area contributed by atoms with Crippen molar-refractivity contribution in [3.63, 3.8) is 0 Å². The molecule has 2 aliphatic rings. The first-order chi connectivity index (χ1) is 11.8. The highest BCUT2D eigenvalue weighted by Crippen LogP contribution is 2.29. The summed E-state index contributed by atoms with van der Waals surface area (Å²) in [4.78, 5) is 0. The Labute approximate surface area is 143 Å². The summed E-state index contributed by atoms with van der Waals surface area (Å²) in [7, 11) is 0. The van der Waals surface area contributed by atoms with Crippen LogP contribution in [0.5, 0.6) is 0 Å². The molecule has 11 heteroatoms. The maximum absolute atomic E-state index is 10.2. The molecule has 2 heterocycles. The van der Waals surface area contributed by atoms with Crippen LogP contribution in [-0.4, -0.2) is 117 Å². The summed E-state index contributed by atoms with van der Waals surface area (Å²) >= 11 is 0. The van der Waals surface area contributed by atoms with E-state index in [9.17, 15) is 35.7 Å². The maximum atomic E-state index is 10.2. The lowest BCUT2D eigenvalue weighted by Gasteiger charge is -2.45. The van der Waals surface area contributed by atoms with Crippen molar-refractivity contribution < 1.29 is 54.7 Å². The molecular weight excluding hydrogens is 344 g/mol. The van der Waals surface area contributed by atoms with Crippen LogP contribution in [0.4, 0.5) is 0 Å². The third-order valence-corrected chi connectivity index (χ3v) is 4.29. The molecular formula is C14H26O11. The van der Waals surface area contributed by atoms with Gasteiger partial charge in [0.05, 0.1) is 13.2 Å². The van der Waals surface area contributed by atoms with Gasteiger partial charge in [-0.05, 0) is 6.92 Å². The Morgan fingerprint density at radius 1 is 0.720 bits per heavy atom. The summed E-state index contributed by atoms with van der Waals surface area (Å²) in [6, 6.07) is 0. The fourth-order valence-corrected chi connectivity index (χ4v) is 2.86. The number of rotatable bonds is 6. The second kappa shape index (κ2) is 8.97. The first-order valence-electron chi connectivity index (χ1n) is 8.05. The Balaban J connectivity index is 2.11. The van der Waals surface area contributed by atoms with E-state index in [2.05, 4.69) is 0 Å². The normalized spacial score (nSPS) is 48.5. The van der Waals surface area contributed by atoms with E-state index >= 15 is 0 Å². The molecule has 7 N–H and O–H groups in total. The van der Waals surface area contributed by atoms with Crippen LogP contribution in [0.3, 0.4) is 0 Å². The molecule has 2 rings (SSSR count). The van der Waals surface area contributed by atoms with Crippen LogP contribution in [0.2, 0.25) is 0 Å². The predicted octanol–water partition coefficient (Wildman–Crippen LogP) is -4.35. The van der Waals surface area contributed by atoms with Gasteiger partial charge in [-0.15, -0.1) is 0 Å². The molecule has 0 aromatic rings. The first-order valence-corrected chi connectivity index (χ1v) is 8.05. The van der Waals surface area contributed by atoms with Crippen molar-refractivity contribution in [1.82, 2.24) is 0 Å². The van der Waals surface area contributed by atoms with Crippen LogP contribution in [-0.2, 0) is 18.9 Å². The average molecular weight is 370 g/mol. The van der Waals surface area contributed by atoms with Crippen molar-refractivity contribution in [2.75, 3.05) is 19.8 Å². The molecule has 10 atom stereocenters. The summed E-state index contributed by atoms with van der Waals surface area (Å²) in [5, 5.41) is 68.4. The topological polar surface area (TPSA) is 179 Å². The standard InChI is InChI=1S/C14H26O11/c1-2-22-13-11(21)9(19)12(6(4-16)24-13)25-14-10(20)8(18)7(17)5(3-15)23-14/h5-21H,2-4H2,1H3/t5?,6?,7-,8-,9+,10?,11?,12+,13?,14-/m0/s1. The summed E-state index contributed by atoms with van der Waals surface area (Å²) in [5.41, 5.74) is 0. The van der Waals surface area contributed by atoms with Crippen molar-refractivity contribution >= 4 is 0 Å². The minimum Gasteiger partial charge on any atom is -0.394 e. The van der Waals surface area contributed by atoms with Gasteiger partial charge in [-0.1, -0.05) is 0 Å². The highest BCUT2D eigenvalue weighted by molar-refractivity contribution is 4.93. The lowest BCUT2D eigenvalue weighted by atomic mass is 9.97. The summed E-state index contributed by atoms with van der Waals surface area (Å²) in [6.45, 7) is 0.625. The van der Waals surface area contributed by atoms with Crippen LogP contribution >= 0.6 is 0 Å². The molecule has 0 saturated carbocycles. The van der Waals surface area contributed by atoms with Gasteiger partial charge < -0.3 is 54.7 Å². The van der Waals surface area contributed by atoms with Crippen LogP contribution in [0, 0.1) is 0 Å². The molecule has 0 bridgehead atoms. The Kier molecular flexibility index (Phi) is 7.49. The molecule has 2 aliphatic heterocycles. The lowest BCUT2D eigenvalue weighted by molar-refractivity contribution is -0.359. The predicted molar refractivity (Wildman–Crippen MR) is 78.0 cm³/mol. The molecule has 5 unspecified atom stereocenters. The number of aliphatic hydroxyl groups is 7. The van der Waals surface area contributed by atoms with Crippen molar-refractivity contribution in [3.05, 3.63) is 0 Å². The van der Waals surface area contributed by atoms with E-state index in [-0.39, 0.29) is 6.61 Å². The second-order valence-corrected chi connectivity index (χ2v) is 5.96. The molecule has 11 nitrogen and oxygen atoms in total. The molecule has 0 aromatic carbocycles. The molecule has 2 fully saturated rings. The highest BCUT2D eigenvalue weighted by atomic mass is 16.7. The molecule has 0 spiro atoms. The molecule has 0 radical (unpaired) electrons. The quantitative estimate of drug-likeness (QED) is 0.240. The SMILES string of the molecule is CCOC1OC(CO)[C@@H](O[C@@H]2OC(CO)[C@H](O)[C@H](O)C2O)[C@H](O)C1O. The summed E-state index contributed by atoms with van der Waals surface area (Å²) in [5.74, 6) is 0. The second-order valence-electron chi connectivity index (χ2n) is 5.96. The van der Waals surface area contributed by atoms with Crippen molar-refractivity contribution in [1.29, 1.82) is 0 Å². The molecule has 0 aliphatic carbocycles. The minimum atomic E-state index is -1.69. The van der Waals surface area contributed by atoms with E-state index in [1.165, 1.54) is 0 Å². The Morgan fingerprint density at radius 2 is 1.28 bits per heavy atom. The van der Waals surface area contributed by atoms with Gasteiger partial charge in [-0.25, -0.2) is 0 Å². The summed E-state index contributed by atoms with van der Waals surface area (Å²) in [6.07, 6.45) is -14.3. The minimum absolute atomic E-state index is 0.199. The van der Waals surface area contributed by atoms with E-state index in [4.69, 9.17) is 18.9 Å². The molecule has 0 aromatic heterocycles. The average Bonchev–Trinajstić information content (AvgIpc) is 2.61. The van der Waals surface area contributed by atoms with Crippen molar-refractivity contribution in [3.8, 4) is 0 Å². The van der Waals surface area contributed by atoms with Crippen molar-refractivity contribution in [2.24, 2.45) is 0 Å². The molecule has 148 valence electrons. The van der Waals surface area contributed by atoms with E-state index in [1.54, 1.807) is 6.92 Å². The third kappa shape index (κ3) is 4.28. The van der Waals surface area contributed by atoms with E-state index in [0.717, 1.165) is 0 Å². The zero-order valence-electron chi connectivity index (χ0n) is 13.7. The summed E-state index contributed by atoms with van der Waals surface area (Å²) < 4.78 is 21.1. The fraction of sp³-hybridized carbons (Fsp3) is 1.00. The lowest BCUT2D eigenvalue weighted by Crippen LogP contribution is -2.64. The molecule has 25 heavy (non-hydrogen) atoms. The largest absolute Gasteiger partial charge is 0.394 e. The Morgan fingerprint density at radius 3 is 1.84 bits per heavy atom. The number of aliphatic hydroxyl groups excluding tert-OH is 7. The van der Waals surface area contributed by atoms with Gasteiger partial charge >= 0.3 is 0 Å². The van der Waals surface area contributed by atoms with Gasteiger partial charge in [-0.2, -0.15) is 0 Å². The maximum Gasteiger partial charge on any atom is 0.187 e. The van der Waals surface area contributed by atoms with E-state index < -0.39 is 74.6 Å². The van der Waals surface area contributed by atoms with Gasteiger partial charge in [0.25, 0.3) is 0 Å². The van der Waals surface area contributed by atoms with Gasteiger partial charge in [0, 0.05) is 6.61 Å². The van der Waals surface area contributed by atoms with Crippen molar-refractivity contribution in [2.45, 2.75) is 68.3 Å². The Bertz CT molecular complexity index is 406. The zero-order valence-corrected chi connectivity index (χ0v) is 13.7. The highest BCUT2D eigenvalue weighted by Gasteiger charge is 2.50. The molecule has 2 saturated heterocycles. The smallest absolute Gasteiger partial charge is 0.187 e.